The van der Waals surface area contributed by atoms with Gasteiger partial charge >= 0.3 is 5.97 Å². The molecule has 4 nitrogen and oxygen atoms in total. The van der Waals surface area contributed by atoms with Crippen LogP contribution in [0.1, 0.15) is 19.4 Å². The third kappa shape index (κ3) is 4.36. The number of hydrogen-bond donors (Lipinski definition) is 2. The molecule has 5 heteroatoms. The summed E-state index contributed by atoms with van der Waals surface area (Å²) in [6, 6.07) is 5.42. The standard InChI is InChI=1S/C12H16BrNO3/c1-7(14)5-9-6-10(3-4-11(9)13)17-8(2)12(15)16/h3-4,6-8H,5,14H2,1-2H3,(H,15,16). The lowest BCUT2D eigenvalue weighted by Crippen LogP contribution is -2.23. The smallest absolute Gasteiger partial charge is 0.344 e. The minimum Gasteiger partial charge on any atom is -0.479 e. The Bertz CT molecular complexity index is 407. The predicted molar refractivity (Wildman–Crippen MR) is 69.2 cm³/mol. The van der Waals surface area contributed by atoms with Crippen molar-refractivity contribution in [3.05, 3.63) is 28.2 Å². The fourth-order valence-corrected chi connectivity index (χ4v) is 1.79. The van der Waals surface area contributed by atoms with Gasteiger partial charge in [0.1, 0.15) is 5.75 Å². The first kappa shape index (κ1) is 14.0. The number of ether oxygens (including phenoxy) is 1. The molecule has 0 amide bonds. The molecule has 1 aromatic carbocycles. The molecule has 3 N–H and O–H groups in total. The molecule has 0 saturated carbocycles. The molecule has 0 fully saturated rings. The summed E-state index contributed by atoms with van der Waals surface area (Å²) in [6.07, 6.45) is -0.154. The quantitative estimate of drug-likeness (QED) is 0.874. The summed E-state index contributed by atoms with van der Waals surface area (Å²) >= 11 is 3.43. The Morgan fingerprint density at radius 2 is 2.18 bits per heavy atom. The number of nitrogens with two attached hydrogens (primary N) is 1. The number of aliphatic carboxylic acids is 1. The van der Waals surface area contributed by atoms with Gasteiger partial charge in [0.25, 0.3) is 0 Å². The van der Waals surface area contributed by atoms with Crippen molar-refractivity contribution in [3.8, 4) is 5.75 Å². The molecule has 2 unspecified atom stereocenters. The van der Waals surface area contributed by atoms with E-state index in [-0.39, 0.29) is 6.04 Å². The first-order valence-corrected chi connectivity index (χ1v) is 6.13. The summed E-state index contributed by atoms with van der Waals surface area (Å²) in [5.41, 5.74) is 6.75. The molecule has 0 aromatic heterocycles. The first-order valence-electron chi connectivity index (χ1n) is 5.33. The Kier molecular flexibility index (Phi) is 4.96. The monoisotopic (exact) mass is 301 g/mol. The fraction of sp³-hybridized carbons (Fsp3) is 0.417. The molecule has 0 spiro atoms. The van der Waals surface area contributed by atoms with Crippen molar-refractivity contribution in [1.29, 1.82) is 0 Å². The summed E-state index contributed by atoms with van der Waals surface area (Å²) in [5, 5.41) is 8.76. The zero-order valence-corrected chi connectivity index (χ0v) is 11.4. The first-order chi connectivity index (χ1) is 7.90. The van der Waals surface area contributed by atoms with Gasteiger partial charge in [-0.2, -0.15) is 0 Å². The molecular formula is C12H16BrNO3. The van der Waals surface area contributed by atoms with Crippen LogP contribution in [0.25, 0.3) is 0 Å². The van der Waals surface area contributed by atoms with Crippen molar-refractivity contribution >= 4 is 21.9 Å². The Hall–Kier alpha value is -1.07. The van der Waals surface area contributed by atoms with Gasteiger partial charge in [-0.15, -0.1) is 0 Å². The van der Waals surface area contributed by atoms with E-state index in [1.165, 1.54) is 6.92 Å². The van der Waals surface area contributed by atoms with Crippen molar-refractivity contribution in [3.63, 3.8) is 0 Å². The molecule has 1 aromatic rings. The topological polar surface area (TPSA) is 72.5 Å². The number of halogens is 1. The van der Waals surface area contributed by atoms with E-state index in [1.54, 1.807) is 6.07 Å². The van der Waals surface area contributed by atoms with Gasteiger partial charge in [0.2, 0.25) is 0 Å². The lowest BCUT2D eigenvalue weighted by atomic mass is 10.1. The Morgan fingerprint density at radius 3 is 2.71 bits per heavy atom. The average molecular weight is 302 g/mol. The highest BCUT2D eigenvalue weighted by molar-refractivity contribution is 9.10. The Balaban J connectivity index is 2.84. The minimum atomic E-state index is -0.985. The van der Waals surface area contributed by atoms with Crippen LogP contribution >= 0.6 is 15.9 Å². The van der Waals surface area contributed by atoms with Crippen LogP contribution in [0.3, 0.4) is 0 Å². The predicted octanol–water partition coefficient (Wildman–Crippen LogP) is 2.19. The molecule has 0 saturated heterocycles. The van der Waals surface area contributed by atoms with Gasteiger partial charge in [-0.25, -0.2) is 4.79 Å². The van der Waals surface area contributed by atoms with Crippen molar-refractivity contribution in [2.45, 2.75) is 32.4 Å². The number of benzene rings is 1. The zero-order valence-electron chi connectivity index (χ0n) is 9.81. The van der Waals surface area contributed by atoms with Gasteiger partial charge in [-0.05, 0) is 44.0 Å². The van der Waals surface area contributed by atoms with Crippen molar-refractivity contribution in [2.75, 3.05) is 0 Å². The van der Waals surface area contributed by atoms with Crippen LogP contribution in [0.15, 0.2) is 22.7 Å². The van der Waals surface area contributed by atoms with Crippen LogP contribution < -0.4 is 10.5 Å². The van der Waals surface area contributed by atoms with Crippen LogP contribution in [0.5, 0.6) is 5.75 Å². The Labute approximate surface area is 109 Å². The second-order valence-electron chi connectivity index (χ2n) is 4.03. The highest BCUT2D eigenvalue weighted by atomic mass is 79.9. The van der Waals surface area contributed by atoms with Crippen LogP contribution in [0.4, 0.5) is 0 Å². The molecule has 0 radical (unpaired) electrons. The third-order valence-electron chi connectivity index (χ3n) is 2.22. The van der Waals surface area contributed by atoms with Crippen LogP contribution in [0, 0.1) is 0 Å². The van der Waals surface area contributed by atoms with Gasteiger partial charge in [0, 0.05) is 10.5 Å². The average Bonchev–Trinajstić information content (AvgIpc) is 2.22. The van der Waals surface area contributed by atoms with E-state index < -0.39 is 12.1 Å². The second-order valence-corrected chi connectivity index (χ2v) is 4.89. The van der Waals surface area contributed by atoms with Crippen LogP contribution in [0.2, 0.25) is 0 Å². The van der Waals surface area contributed by atoms with Gasteiger partial charge in [0.15, 0.2) is 6.10 Å². The molecule has 0 aliphatic carbocycles. The van der Waals surface area contributed by atoms with Gasteiger partial charge in [-0.3, -0.25) is 0 Å². The van der Waals surface area contributed by atoms with E-state index in [4.69, 9.17) is 15.6 Å². The number of hydrogen-bond acceptors (Lipinski definition) is 3. The lowest BCUT2D eigenvalue weighted by molar-refractivity contribution is -0.144. The van der Waals surface area contributed by atoms with Gasteiger partial charge in [-0.1, -0.05) is 15.9 Å². The van der Waals surface area contributed by atoms with E-state index in [0.717, 1.165) is 10.0 Å². The summed E-state index contributed by atoms with van der Waals surface area (Å²) in [5.74, 6) is -0.444. The maximum Gasteiger partial charge on any atom is 0.344 e. The van der Waals surface area contributed by atoms with E-state index in [0.29, 0.717) is 12.2 Å². The molecule has 0 heterocycles. The molecule has 17 heavy (non-hydrogen) atoms. The maximum atomic E-state index is 10.7. The SMILES string of the molecule is CC(N)Cc1cc(OC(C)C(=O)O)ccc1Br. The summed E-state index contributed by atoms with van der Waals surface area (Å²) in [6.45, 7) is 3.41. The van der Waals surface area contributed by atoms with Crippen LogP contribution in [-0.4, -0.2) is 23.2 Å². The highest BCUT2D eigenvalue weighted by Gasteiger charge is 2.13. The van der Waals surface area contributed by atoms with E-state index in [1.807, 2.05) is 19.1 Å². The van der Waals surface area contributed by atoms with E-state index >= 15 is 0 Å². The molecule has 0 aliphatic heterocycles. The lowest BCUT2D eigenvalue weighted by Gasteiger charge is -2.13. The minimum absolute atomic E-state index is 0.0402. The molecule has 94 valence electrons. The van der Waals surface area contributed by atoms with Crippen molar-refractivity contribution < 1.29 is 14.6 Å². The number of carbonyl (C=O) groups is 1. The number of rotatable bonds is 5. The second kappa shape index (κ2) is 6.02. The van der Waals surface area contributed by atoms with Gasteiger partial charge < -0.3 is 15.6 Å². The normalized spacial score (nSPS) is 14.1. The molecule has 0 aliphatic rings. The van der Waals surface area contributed by atoms with Crippen molar-refractivity contribution in [2.24, 2.45) is 5.73 Å². The summed E-state index contributed by atoms with van der Waals surface area (Å²) in [7, 11) is 0. The molecular weight excluding hydrogens is 286 g/mol. The fourth-order valence-electron chi connectivity index (χ4n) is 1.38. The molecule has 0 bridgehead atoms. The summed E-state index contributed by atoms with van der Waals surface area (Å²) in [4.78, 5) is 10.7. The number of carboxylic acid groups (broad SMARTS) is 1. The maximum absolute atomic E-state index is 10.7. The van der Waals surface area contributed by atoms with E-state index in [2.05, 4.69) is 15.9 Å². The third-order valence-corrected chi connectivity index (χ3v) is 2.99. The highest BCUT2D eigenvalue weighted by Crippen LogP contribution is 2.24. The summed E-state index contributed by atoms with van der Waals surface area (Å²) < 4.78 is 6.24. The molecule has 2 atom stereocenters. The van der Waals surface area contributed by atoms with Crippen LogP contribution in [-0.2, 0) is 11.2 Å². The number of carboxylic acids is 1. The van der Waals surface area contributed by atoms with Gasteiger partial charge in [0.05, 0.1) is 0 Å². The largest absolute Gasteiger partial charge is 0.479 e. The molecule has 1 rings (SSSR count). The zero-order chi connectivity index (χ0) is 13.0. The van der Waals surface area contributed by atoms with E-state index in [9.17, 15) is 4.79 Å². The van der Waals surface area contributed by atoms with Crippen molar-refractivity contribution in [1.82, 2.24) is 0 Å². The Morgan fingerprint density at radius 1 is 1.53 bits per heavy atom.